The van der Waals surface area contributed by atoms with Crippen LogP contribution in [-0.4, -0.2) is 0 Å². The molecular formula is C16H20. The zero-order valence-electron chi connectivity index (χ0n) is 9.97. The van der Waals surface area contributed by atoms with Crippen molar-refractivity contribution in [3.05, 3.63) is 35.4 Å². The number of benzene rings is 1. The summed E-state index contributed by atoms with van der Waals surface area (Å²) in [4.78, 5) is 0. The summed E-state index contributed by atoms with van der Waals surface area (Å²) in [6, 6.07) is 9.19. The molecule has 0 saturated carbocycles. The van der Waals surface area contributed by atoms with Crippen molar-refractivity contribution < 1.29 is 0 Å². The highest BCUT2D eigenvalue weighted by molar-refractivity contribution is 5.22. The first-order valence-corrected chi connectivity index (χ1v) is 6.49. The fraction of sp³-hybridized carbons (Fsp3) is 0.500. The summed E-state index contributed by atoms with van der Waals surface area (Å²) in [5, 5.41) is 0. The van der Waals surface area contributed by atoms with Crippen LogP contribution in [0.2, 0.25) is 0 Å². The Hall–Kier alpha value is -1.22. The van der Waals surface area contributed by atoms with E-state index >= 15 is 0 Å². The molecule has 0 amide bonds. The Morgan fingerprint density at radius 1 is 0.625 bits per heavy atom. The van der Waals surface area contributed by atoms with Crippen LogP contribution in [0, 0.1) is 11.8 Å². The van der Waals surface area contributed by atoms with Gasteiger partial charge in [-0.1, -0.05) is 24.3 Å². The largest absolute Gasteiger partial charge is 0.103 e. The maximum absolute atomic E-state index is 3.28. The van der Waals surface area contributed by atoms with Gasteiger partial charge in [0.25, 0.3) is 0 Å². The van der Waals surface area contributed by atoms with E-state index in [1.54, 1.807) is 0 Å². The third kappa shape index (κ3) is 3.74. The van der Waals surface area contributed by atoms with Gasteiger partial charge in [0, 0.05) is 12.8 Å². The highest BCUT2D eigenvalue weighted by Gasteiger charge is 1.96. The van der Waals surface area contributed by atoms with Crippen LogP contribution in [0.4, 0.5) is 0 Å². The minimum atomic E-state index is 1.08. The van der Waals surface area contributed by atoms with Crippen molar-refractivity contribution in [2.24, 2.45) is 0 Å². The summed E-state index contributed by atoms with van der Waals surface area (Å²) >= 11 is 0. The summed E-state index contributed by atoms with van der Waals surface area (Å²) < 4.78 is 0. The second-order valence-corrected chi connectivity index (χ2v) is 4.58. The monoisotopic (exact) mass is 212 g/mol. The maximum Gasteiger partial charge on any atom is 0.00888 e. The van der Waals surface area contributed by atoms with Gasteiger partial charge in [0.15, 0.2) is 0 Å². The first-order chi connectivity index (χ1) is 7.95. The van der Waals surface area contributed by atoms with Gasteiger partial charge in [-0.2, -0.15) is 0 Å². The number of aryl methyl sites for hydroxylation is 2. The molecule has 1 aromatic carbocycles. The number of hydrogen-bond donors (Lipinski definition) is 0. The van der Waals surface area contributed by atoms with Gasteiger partial charge in [-0.05, 0) is 49.7 Å². The van der Waals surface area contributed by atoms with E-state index in [4.69, 9.17) is 0 Å². The van der Waals surface area contributed by atoms with Crippen molar-refractivity contribution in [2.75, 3.05) is 0 Å². The minimum Gasteiger partial charge on any atom is -0.103 e. The molecule has 0 spiro atoms. The van der Waals surface area contributed by atoms with E-state index in [0.717, 1.165) is 12.8 Å². The second-order valence-electron chi connectivity index (χ2n) is 4.58. The van der Waals surface area contributed by atoms with Crippen molar-refractivity contribution in [1.82, 2.24) is 0 Å². The molecule has 0 heterocycles. The Morgan fingerprint density at radius 3 is 1.50 bits per heavy atom. The molecule has 16 heavy (non-hydrogen) atoms. The number of fused-ring (bicyclic) bond motifs is 10. The summed E-state index contributed by atoms with van der Waals surface area (Å²) in [5.74, 6) is 6.56. The number of rotatable bonds is 0. The quantitative estimate of drug-likeness (QED) is 0.567. The smallest absolute Gasteiger partial charge is 0.00888 e. The van der Waals surface area contributed by atoms with Crippen LogP contribution in [0.25, 0.3) is 0 Å². The van der Waals surface area contributed by atoms with Crippen LogP contribution in [0.1, 0.15) is 49.7 Å². The van der Waals surface area contributed by atoms with E-state index in [0.29, 0.717) is 0 Å². The lowest BCUT2D eigenvalue weighted by Crippen LogP contribution is -1.90. The van der Waals surface area contributed by atoms with Crippen molar-refractivity contribution >= 4 is 0 Å². The minimum absolute atomic E-state index is 1.08. The normalized spacial score (nSPS) is 17.2. The summed E-state index contributed by atoms with van der Waals surface area (Å²) in [5.41, 5.74) is 2.96. The van der Waals surface area contributed by atoms with Gasteiger partial charge in [0.1, 0.15) is 0 Å². The van der Waals surface area contributed by atoms with Crippen molar-refractivity contribution in [1.29, 1.82) is 0 Å². The zero-order valence-corrected chi connectivity index (χ0v) is 9.97. The molecule has 0 radical (unpaired) electrons. The lowest BCUT2D eigenvalue weighted by molar-refractivity contribution is 0.741. The summed E-state index contributed by atoms with van der Waals surface area (Å²) in [6.07, 6.45) is 9.62. The van der Waals surface area contributed by atoms with Crippen molar-refractivity contribution in [3.63, 3.8) is 0 Å². The van der Waals surface area contributed by atoms with Crippen LogP contribution < -0.4 is 0 Å². The van der Waals surface area contributed by atoms with E-state index < -0.39 is 0 Å². The molecule has 0 aromatic heterocycles. The zero-order chi connectivity index (χ0) is 11.1. The van der Waals surface area contributed by atoms with Gasteiger partial charge in [-0.25, -0.2) is 0 Å². The fourth-order valence-corrected chi connectivity index (χ4v) is 2.13. The third-order valence-corrected chi connectivity index (χ3v) is 3.18. The molecule has 0 fully saturated rings. The van der Waals surface area contributed by atoms with Gasteiger partial charge < -0.3 is 0 Å². The highest BCUT2D eigenvalue weighted by atomic mass is 14.0. The van der Waals surface area contributed by atoms with E-state index in [9.17, 15) is 0 Å². The van der Waals surface area contributed by atoms with Gasteiger partial charge in [0.2, 0.25) is 0 Å². The van der Waals surface area contributed by atoms with Gasteiger partial charge in [0.05, 0.1) is 0 Å². The SMILES string of the molecule is C1#CCCCCc2ccc(cc2)CCCC1. The van der Waals surface area contributed by atoms with Crippen LogP contribution >= 0.6 is 0 Å². The van der Waals surface area contributed by atoms with Gasteiger partial charge >= 0.3 is 0 Å². The molecule has 1 aromatic rings. The predicted molar refractivity (Wildman–Crippen MR) is 69.3 cm³/mol. The molecule has 0 atom stereocenters. The molecule has 0 aliphatic heterocycles. The molecule has 0 unspecified atom stereocenters. The molecule has 0 heteroatoms. The molecule has 2 aliphatic carbocycles. The average Bonchev–Trinajstić information content (AvgIpc) is 2.33. The first kappa shape index (κ1) is 11.3. The second kappa shape index (κ2) is 6.38. The summed E-state index contributed by atoms with van der Waals surface area (Å²) in [7, 11) is 0. The molecule has 0 nitrogen and oxygen atoms in total. The van der Waals surface area contributed by atoms with E-state index in [-0.39, 0.29) is 0 Å². The van der Waals surface area contributed by atoms with E-state index in [1.807, 2.05) is 0 Å². The first-order valence-electron chi connectivity index (χ1n) is 6.49. The van der Waals surface area contributed by atoms with Gasteiger partial charge in [-0.15, -0.1) is 11.8 Å². The molecule has 3 rings (SSSR count). The van der Waals surface area contributed by atoms with Crippen LogP contribution in [-0.2, 0) is 12.8 Å². The highest BCUT2D eigenvalue weighted by Crippen LogP contribution is 2.12. The Bertz CT molecular complexity index is 326. The molecule has 2 aliphatic rings. The van der Waals surface area contributed by atoms with Gasteiger partial charge in [-0.3, -0.25) is 0 Å². The Kier molecular flexibility index (Phi) is 4.50. The molecule has 0 N–H and O–H groups in total. The van der Waals surface area contributed by atoms with Crippen molar-refractivity contribution in [2.45, 2.75) is 51.4 Å². The predicted octanol–water partition coefficient (Wildman–Crippen LogP) is 4.13. The standard InChI is InChI=1S/C16H20/c1-2-4-6-8-10-16-13-11-15(12-14-16)9-7-5-3-1/h11-14H,3-10H2. The Labute approximate surface area is 99.1 Å². The van der Waals surface area contributed by atoms with Crippen molar-refractivity contribution in [3.8, 4) is 11.8 Å². The van der Waals surface area contributed by atoms with Crippen LogP contribution in [0.5, 0.6) is 0 Å². The fourth-order valence-electron chi connectivity index (χ4n) is 2.13. The average molecular weight is 212 g/mol. The maximum atomic E-state index is 3.28. The lowest BCUT2D eigenvalue weighted by Gasteiger charge is -2.04. The van der Waals surface area contributed by atoms with E-state index in [2.05, 4.69) is 36.1 Å². The van der Waals surface area contributed by atoms with E-state index in [1.165, 1.54) is 49.7 Å². The Morgan fingerprint density at radius 2 is 1.06 bits per heavy atom. The topological polar surface area (TPSA) is 0 Å². The molecule has 0 saturated heterocycles. The van der Waals surface area contributed by atoms with Crippen LogP contribution in [0.15, 0.2) is 24.3 Å². The summed E-state index contributed by atoms with van der Waals surface area (Å²) in [6.45, 7) is 0. The lowest BCUT2D eigenvalue weighted by atomic mass is 10.0. The van der Waals surface area contributed by atoms with Crippen LogP contribution in [0.3, 0.4) is 0 Å². The number of hydrogen-bond acceptors (Lipinski definition) is 0. The Balaban J connectivity index is 1.99. The molecular weight excluding hydrogens is 192 g/mol. The molecule has 2 bridgehead atoms. The molecule has 84 valence electrons. The third-order valence-electron chi connectivity index (χ3n) is 3.18.